The lowest BCUT2D eigenvalue weighted by Gasteiger charge is -2.24. The van der Waals surface area contributed by atoms with Crippen LogP contribution in [0.3, 0.4) is 0 Å². The van der Waals surface area contributed by atoms with Crippen molar-refractivity contribution in [2.45, 2.75) is 102 Å². The van der Waals surface area contributed by atoms with Gasteiger partial charge in [-0.2, -0.15) is 0 Å². The Hall–Kier alpha value is -2.73. The molecule has 2 unspecified atom stereocenters. The molecule has 0 fully saturated rings. The van der Waals surface area contributed by atoms with Crippen LogP contribution in [0.1, 0.15) is 94.6 Å². The van der Waals surface area contributed by atoms with Crippen LogP contribution in [0.25, 0.3) is 0 Å². The lowest BCUT2D eigenvalue weighted by molar-refractivity contribution is -0.143. The SMILES string of the molecule is CC.CCOC(=O)CCC(=C(C)C)C(C)C(N)C(=O)Nc1ccc(C)cc1.CN=C(C)/C=C(\C)C(C)(C)C. The molecule has 0 saturated heterocycles. The van der Waals surface area contributed by atoms with Gasteiger partial charge < -0.3 is 15.8 Å². The molecule has 0 aromatic heterocycles. The topological polar surface area (TPSA) is 93.8 Å². The van der Waals surface area contributed by atoms with Crippen molar-refractivity contribution in [3.05, 3.63) is 52.6 Å². The predicted octanol–water partition coefficient (Wildman–Crippen LogP) is 7.67. The van der Waals surface area contributed by atoms with Crippen LogP contribution in [-0.4, -0.2) is 37.3 Å². The molecular weight excluding hydrogens is 474 g/mol. The number of benzene rings is 1. The van der Waals surface area contributed by atoms with Gasteiger partial charge in [-0.1, -0.05) is 76.0 Å². The van der Waals surface area contributed by atoms with E-state index in [1.807, 2.05) is 79.8 Å². The van der Waals surface area contributed by atoms with Gasteiger partial charge >= 0.3 is 5.97 Å². The van der Waals surface area contributed by atoms with Crippen LogP contribution in [-0.2, 0) is 14.3 Å². The zero-order chi connectivity index (χ0) is 30.1. The van der Waals surface area contributed by atoms with E-state index in [9.17, 15) is 9.59 Å². The van der Waals surface area contributed by atoms with Crippen LogP contribution in [0.5, 0.6) is 0 Å². The second kappa shape index (κ2) is 19.4. The average molecular weight is 530 g/mol. The van der Waals surface area contributed by atoms with Crippen LogP contribution in [0, 0.1) is 18.3 Å². The molecular formula is C32H55N3O3. The van der Waals surface area contributed by atoms with Gasteiger partial charge in [-0.15, -0.1) is 0 Å². The molecule has 2 atom stereocenters. The minimum Gasteiger partial charge on any atom is -0.466 e. The maximum absolute atomic E-state index is 12.5. The summed E-state index contributed by atoms with van der Waals surface area (Å²) in [5, 5.41) is 2.85. The first-order chi connectivity index (χ1) is 17.6. The van der Waals surface area contributed by atoms with E-state index >= 15 is 0 Å². The Kier molecular flexibility index (Phi) is 19.1. The van der Waals surface area contributed by atoms with Gasteiger partial charge in [-0.25, -0.2) is 0 Å². The highest BCUT2D eigenvalue weighted by molar-refractivity contribution is 5.95. The monoisotopic (exact) mass is 529 g/mol. The van der Waals surface area contributed by atoms with Crippen LogP contribution in [0.2, 0.25) is 0 Å². The summed E-state index contributed by atoms with van der Waals surface area (Å²) in [6, 6.07) is 6.89. The Balaban J connectivity index is 0. The third kappa shape index (κ3) is 15.5. The molecule has 0 saturated carbocycles. The Morgan fingerprint density at radius 3 is 2.00 bits per heavy atom. The molecule has 1 aromatic rings. The standard InChI is InChI=1S/C20H30N2O3.C10H19N.C2H6/c1-6-25-18(23)12-11-17(13(2)3)15(5)19(21)20(24)22-16-9-7-14(4)8-10-16;1-8(10(3,4)5)7-9(2)11-6;1-2/h7-10,15,19H,6,11-12,21H2,1-5H3,(H,22,24);7H,1-6H3;1-2H3/b;8-7+,11-9?;. The second-order valence-electron chi connectivity index (χ2n) is 10.4. The fourth-order valence-electron chi connectivity index (χ4n) is 3.30. The van der Waals surface area contributed by atoms with E-state index in [2.05, 4.69) is 44.1 Å². The number of carbonyl (C=O) groups excluding carboxylic acids is 2. The third-order valence-electron chi connectivity index (χ3n) is 6.22. The molecule has 0 spiro atoms. The van der Waals surface area contributed by atoms with Crippen molar-refractivity contribution in [1.82, 2.24) is 0 Å². The van der Waals surface area contributed by atoms with Gasteiger partial charge in [0.1, 0.15) is 0 Å². The summed E-state index contributed by atoms with van der Waals surface area (Å²) in [5.41, 5.74) is 12.9. The maximum Gasteiger partial charge on any atom is 0.306 e. The Morgan fingerprint density at radius 2 is 1.58 bits per heavy atom. The minimum atomic E-state index is -0.687. The van der Waals surface area contributed by atoms with Gasteiger partial charge in [0.25, 0.3) is 0 Å². The molecule has 0 aliphatic carbocycles. The smallest absolute Gasteiger partial charge is 0.306 e. The van der Waals surface area contributed by atoms with E-state index in [0.717, 1.165) is 28.1 Å². The quantitative estimate of drug-likeness (QED) is 0.195. The molecule has 0 aliphatic heterocycles. The normalized spacial score (nSPS) is 13.1. The fraction of sp³-hybridized carbons (Fsp3) is 0.594. The molecule has 0 aliphatic rings. The van der Waals surface area contributed by atoms with Crippen LogP contribution < -0.4 is 11.1 Å². The van der Waals surface area contributed by atoms with Gasteiger partial charge in [-0.3, -0.25) is 14.6 Å². The number of hydrogen-bond donors (Lipinski definition) is 2. The van der Waals surface area contributed by atoms with Gasteiger partial charge in [-0.05, 0) is 71.6 Å². The zero-order valence-corrected chi connectivity index (χ0v) is 26.4. The second-order valence-corrected chi connectivity index (χ2v) is 10.4. The van der Waals surface area contributed by atoms with Gasteiger partial charge in [0.15, 0.2) is 0 Å². The summed E-state index contributed by atoms with van der Waals surface area (Å²) < 4.78 is 4.98. The minimum absolute atomic E-state index is 0.162. The van der Waals surface area contributed by atoms with Crippen LogP contribution >= 0.6 is 0 Å². The Morgan fingerprint density at radius 1 is 1.05 bits per heavy atom. The summed E-state index contributed by atoms with van der Waals surface area (Å²) in [5.74, 6) is -0.623. The number of aliphatic imine (C=N–C) groups is 1. The number of nitrogens with two attached hydrogens (primary N) is 1. The van der Waals surface area contributed by atoms with E-state index in [1.165, 1.54) is 5.57 Å². The number of allylic oxidation sites excluding steroid dienone is 3. The van der Waals surface area contributed by atoms with Crippen LogP contribution in [0.4, 0.5) is 5.69 Å². The van der Waals surface area contributed by atoms with E-state index in [1.54, 1.807) is 6.92 Å². The first kappa shape index (κ1) is 37.4. The van der Waals surface area contributed by atoms with Crippen LogP contribution in [0.15, 0.2) is 52.1 Å². The number of aryl methyl sites for hydroxylation is 1. The molecule has 1 amide bonds. The molecule has 1 aromatic carbocycles. The Bertz CT molecular complexity index is 932. The van der Waals surface area contributed by atoms with Crippen molar-refractivity contribution >= 4 is 23.3 Å². The summed E-state index contributed by atoms with van der Waals surface area (Å²) in [4.78, 5) is 28.1. The number of amides is 1. The van der Waals surface area contributed by atoms with Gasteiger partial charge in [0.2, 0.25) is 5.91 Å². The molecule has 6 nitrogen and oxygen atoms in total. The lowest BCUT2D eigenvalue weighted by atomic mass is 9.87. The van der Waals surface area contributed by atoms with E-state index in [-0.39, 0.29) is 23.2 Å². The fourth-order valence-corrected chi connectivity index (χ4v) is 3.30. The number of carbonyl (C=O) groups is 2. The first-order valence-corrected chi connectivity index (χ1v) is 13.7. The number of hydrogen-bond acceptors (Lipinski definition) is 5. The summed E-state index contributed by atoms with van der Waals surface area (Å²) >= 11 is 0. The first-order valence-electron chi connectivity index (χ1n) is 13.7. The number of ether oxygens (including phenoxy) is 1. The van der Waals surface area contributed by atoms with Gasteiger partial charge in [0.05, 0.1) is 12.6 Å². The number of nitrogens with one attached hydrogen (secondary N) is 1. The number of nitrogens with zero attached hydrogens (tertiary/aromatic N) is 1. The van der Waals surface area contributed by atoms with Crippen molar-refractivity contribution in [3.63, 3.8) is 0 Å². The summed E-state index contributed by atoms with van der Waals surface area (Å²) in [6.45, 7) is 24.8. The molecule has 1 rings (SSSR count). The summed E-state index contributed by atoms with van der Waals surface area (Å²) in [7, 11) is 1.82. The largest absolute Gasteiger partial charge is 0.466 e. The van der Waals surface area contributed by atoms with Crippen molar-refractivity contribution in [2.24, 2.45) is 22.1 Å². The van der Waals surface area contributed by atoms with Crippen molar-refractivity contribution < 1.29 is 14.3 Å². The van der Waals surface area contributed by atoms with Crippen molar-refractivity contribution in [2.75, 3.05) is 19.0 Å². The molecule has 0 radical (unpaired) electrons. The Labute approximate surface area is 233 Å². The van der Waals surface area contributed by atoms with E-state index < -0.39 is 6.04 Å². The van der Waals surface area contributed by atoms with Gasteiger partial charge in [0, 0.05) is 30.8 Å². The highest BCUT2D eigenvalue weighted by atomic mass is 16.5. The number of anilines is 1. The average Bonchev–Trinajstić information content (AvgIpc) is 2.85. The number of esters is 1. The summed E-state index contributed by atoms with van der Waals surface area (Å²) in [6.07, 6.45) is 2.98. The van der Waals surface area contributed by atoms with Crippen molar-refractivity contribution in [3.8, 4) is 0 Å². The maximum atomic E-state index is 12.5. The van der Waals surface area contributed by atoms with Crippen molar-refractivity contribution in [1.29, 1.82) is 0 Å². The highest BCUT2D eigenvalue weighted by Gasteiger charge is 2.25. The molecule has 0 heterocycles. The molecule has 6 heteroatoms. The molecule has 38 heavy (non-hydrogen) atoms. The van der Waals surface area contributed by atoms with E-state index in [0.29, 0.717) is 19.4 Å². The zero-order valence-electron chi connectivity index (χ0n) is 26.4. The predicted molar refractivity (Wildman–Crippen MR) is 165 cm³/mol. The lowest BCUT2D eigenvalue weighted by Crippen LogP contribution is -2.41. The molecule has 3 N–H and O–H groups in total. The number of rotatable bonds is 9. The third-order valence-corrected chi connectivity index (χ3v) is 6.22. The van der Waals surface area contributed by atoms with E-state index in [4.69, 9.17) is 10.5 Å². The highest BCUT2D eigenvalue weighted by Crippen LogP contribution is 2.25. The molecule has 0 bridgehead atoms. The molecule has 216 valence electrons.